The van der Waals surface area contributed by atoms with Gasteiger partial charge in [0.1, 0.15) is 0 Å². The molecule has 242 valence electrons. The lowest BCUT2D eigenvalue weighted by Crippen LogP contribution is -2.45. The van der Waals surface area contributed by atoms with E-state index >= 15 is 14.4 Å². The van der Waals surface area contributed by atoms with Crippen LogP contribution in [0.3, 0.4) is 0 Å². The molecule has 1 heterocycles. The smallest absolute Gasteiger partial charge is 0.242 e. The lowest BCUT2D eigenvalue weighted by Gasteiger charge is -2.39. The second kappa shape index (κ2) is 11.1. The summed E-state index contributed by atoms with van der Waals surface area (Å²) in [6, 6.07) is 43.9. The molecule has 0 unspecified atom stereocenters. The summed E-state index contributed by atoms with van der Waals surface area (Å²) in [5.74, 6) is -3.31. The standard InChI is InChI=1S/C41H32N2O5S/c1-42(2)49(47,48)32-25-23-31(24-26-32)43-37(44)35-36(38(43)45)41(30-21-13-6-14-22-30)34(28-17-9-4-10-18-28)33(27-15-7-3-8-16-27)40(35,39(41)46)29-19-11-5-12-20-29/h3-26,35-36H,1-2H3/t35-,36+,40+,41-. The predicted octanol–water partition coefficient (Wildman–Crippen LogP) is 6.13. The van der Waals surface area contributed by atoms with Gasteiger partial charge in [0.25, 0.3) is 0 Å². The number of Topliss-reactive ketones (excluding diaryl/α,β-unsaturated/α-hetero) is 1. The predicted molar refractivity (Wildman–Crippen MR) is 188 cm³/mol. The maximum absolute atomic E-state index is 15.9. The van der Waals surface area contributed by atoms with Crippen LogP contribution in [0.25, 0.3) is 11.1 Å². The van der Waals surface area contributed by atoms with Gasteiger partial charge in [-0.2, -0.15) is 0 Å². The normalized spacial score (nSPS) is 24.6. The molecular formula is C41H32N2O5S. The Balaban J connectivity index is 1.47. The molecule has 5 aromatic rings. The second-order valence-corrected chi connectivity index (χ2v) is 15.1. The summed E-state index contributed by atoms with van der Waals surface area (Å²) in [5, 5.41) is 0. The van der Waals surface area contributed by atoms with Gasteiger partial charge >= 0.3 is 0 Å². The van der Waals surface area contributed by atoms with E-state index in [2.05, 4.69) is 0 Å². The largest absolute Gasteiger partial charge is 0.297 e. The Labute approximate surface area is 285 Å². The molecule has 1 saturated carbocycles. The highest BCUT2D eigenvalue weighted by atomic mass is 32.2. The first-order valence-electron chi connectivity index (χ1n) is 16.1. The monoisotopic (exact) mass is 664 g/mol. The lowest BCUT2D eigenvalue weighted by atomic mass is 9.59. The minimum atomic E-state index is -3.75. The molecule has 8 rings (SSSR count). The van der Waals surface area contributed by atoms with E-state index in [0.717, 1.165) is 26.6 Å². The van der Waals surface area contributed by atoms with Crippen LogP contribution in [0.15, 0.2) is 150 Å². The molecule has 2 aliphatic carbocycles. The average molecular weight is 665 g/mol. The van der Waals surface area contributed by atoms with Crippen LogP contribution in [0.1, 0.15) is 22.3 Å². The Hall–Kier alpha value is -5.44. The molecular weight excluding hydrogens is 633 g/mol. The first kappa shape index (κ1) is 30.9. The van der Waals surface area contributed by atoms with E-state index in [1.807, 2.05) is 121 Å². The molecule has 3 aliphatic rings. The number of fused-ring (bicyclic) bond motifs is 5. The van der Waals surface area contributed by atoms with E-state index in [0.29, 0.717) is 11.1 Å². The number of hydrogen-bond acceptors (Lipinski definition) is 5. The molecule has 1 aliphatic heterocycles. The number of allylic oxidation sites excluding steroid dienone is 2. The van der Waals surface area contributed by atoms with Crippen molar-refractivity contribution in [2.24, 2.45) is 11.8 Å². The summed E-state index contributed by atoms with van der Waals surface area (Å²) < 4.78 is 26.8. The zero-order valence-corrected chi connectivity index (χ0v) is 27.7. The molecule has 8 heteroatoms. The van der Waals surface area contributed by atoms with E-state index in [-0.39, 0.29) is 16.4 Å². The Morgan fingerprint density at radius 1 is 0.531 bits per heavy atom. The number of ketones is 1. The number of carbonyl (C=O) groups is 3. The molecule has 1 saturated heterocycles. The number of hydrogen-bond donors (Lipinski definition) is 0. The van der Waals surface area contributed by atoms with Crippen molar-refractivity contribution in [2.75, 3.05) is 19.0 Å². The molecule has 49 heavy (non-hydrogen) atoms. The lowest BCUT2D eigenvalue weighted by molar-refractivity contribution is -0.130. The highest BCUT2D eigenvalue weighted by molar-refractivity contribution is 7.89. The maximum Gasteiger partial charge on any atom is 0.242 e. The van der Waals surface area contributed by atoms with Gasteiger partial charge in [-0.15, -0.1) is 0 Å². The molecule has 2 fully saturated rings. The number of benzene rings is 5. The number of rotatable bonds is 7. The van der Waals surface area contributed by atoms with Crippen LogP contribution in [-0.2, 0) is 35.2 Å². The van der Waals surface area contributed by atoms with Gasteiger partial charge < -0.3 is 0 Å². The highest BCUT2D eigenvalue weighted by Crippen LogP contribution is 2.74. The minimum absolute atomic E-state index is 0.0386. The number of nitrogens with zero attached hydrogens (tertiary/aromatic N) is 2. The average Bonchev–Trinajstić information content (AvgIpc) is 3.65. The van der Waals surface area contributed by atoms with Gasteiger partial charge in [-0.05, 0) is 57.7 Å². The number of amides is 2. The molecule has 0 spiro atoms. The van der Waals surface area contributed by atoms with Crippen molar-refractivity contribution in [3.05, 3.63) is 168 Å². The van der Waals surface area contributed by atoms with Crippen molar-refractivity contribution >= 4 is 44.5 Å². The topological polar surface area (TPSA) is 91.8 Å². The molecule has 2 amide bonds. The Morgan fingerprint density at radius 3 is 1.27 bits per heavy atom. The fraction of sp³-hybridized carbons (Fsp3) is 0.146. The summed E-state index contributed by atoms with van der Waals surface area (Å²) >= 11 is 0. The first-order valence-corrected chi connectivity index (χ1v) is 17.5. The zero-order valence-electron chi connectivity index (χ0n) is 26.9. The molecule has 5 aromatic carbocycles. The fourth-order valence-corrected chi connectivity index (χ4v) is 9.47. The third-order valence-corrected chi connectivity index (χ3v) is 12.3. The minimum Gasteiger partial charge on any atom is -0.297 e. The number of sulfonamides is 1. The maximum atomic E-state index is 15.9. The zero-order chi connectivity index (χ0) is 34.1. The van der Waals surface area contributed by atoms with Crippen molar-refractivity contribution in [3.8, 4) is 0 Å². The van der Waals surface area contributed by atoms with Gasteiger partial charge in [0.05, 0.1) is 33.2 Å². The quantitative estimate of drug-likeness (QED) is 0.196. The van der Waals surface area contributed by atoms with Crippen molar-refractivity contribution in [2.45, 2.75) is 15.7 Å². The van der Waals surface area contributed by atoms with E-state index in [1.165, 1.54) is 43.3 Å². The van der Waals surface area contributed by atoms with E-state index in [9.17, 15) is 8.42 Å². The summed E-state index contributed by atoms with van der Waals surface area (Å²) in [6.45, 7) is 0. The third-order valence-electron chi connectivity index (χ3n) is 10.5. The van der Waals surface area contributed by atoms with E-state index in [1.54, 1.807) is 0 Å². The molecule has 4 atom stereocenters. The Kier molecular flexibility index (Phi) is 6.96. The summed E-state index contributed by atoms with van der Waals surface area (Å²) in [5.41, 5.74) is 1.56. The van der Waals surface area contributed by atoms with Crippen LogP contribution >= 0.6 is 0 Å². The molecule has 7 nitrogen and oxygen atoms in total. The summed E-state index contributed by atoms with van der Waals surface area (Å²) in [7, 11) is -0.862. The number of carbonyl (C=O) groups excluding carboxylic acids is 3. The fourth-order valence-electron chi connectivity index (χ4n) is 8.57. The van der Waals surface area contributed by atoms with Crippen LogP contribution in [0.5, 0.6) is 0 Å². The Morgan fingerprint density at radius 2 is 0.898 bits per heavy atom. The number of anilines is 1. The van der Waals surface area contributed by atoms with Crippen LogP contribution < -0.4 is 4.90 Å². The number of imide groups is 1. The van der Waals surface area contributed by atoms with Gasteiger partial charge in [0, 0.05) is 14.1 Å². The van der Waals surface area contributed by atoms with Crippen LogP contribution in [0.4, 0.5) is 5.69 Å². The highest BCUT2D eigenvalue weighted by Gasteiger charge is 2.82. The van der Waals surface area contributed by atoms with Crippen molar-refractivity contribution in [3.63, 3.8) is 0 Å². The van der Waals surface area contributed by atoms with Gasteiger partial charge in [-0.1, -0.05) is 121 Å². The van der Waals surface area contributed by atoms with E-state index < -0.39 is 44.5 Å². The van der Waals surface area contributed by atoms with Crippen molar-refractivity contribution in [1.82, 2.24) is 4.31 Å². The Bertz CT molecular complexity index is 2150. The molecule has 0 radical (unpaired) electrons. The molecule has 0 aromatic heterocycles. The van der Waals surface area contributed by atoms with E-state index in [4.69, 9.17) is 0 Å². The van der Waals surface area contributed by atoms with Crippen LogP contribution in [0, 0.1) is 11.8 Å². The molecule has 2 bridgehead atoms. The SMILES string of the molecule is CN(C)S(=O)(=O)c1ccc(N2C(=O)[C@@H]3[C@H](C2=O)[C@@]2(c4ccccc4)C(=O)[C@]3(c3ccccc3)C(c3ccccc3)=C2c2ccccc2)cc1. The van der Waals surface area contributed by atoms with Gasteiger partial charge in [0.15, 0.2) is 5.78 Å². The summed E-state index contributed by atoms with van der Waals surface area (Å²) in [6.07, 6.45) is 0. The van der Waals surface area contributed by atoms with Crippen LogP contribution in [0.2, 0.25) is 0 Å². The van der Waals surface area contributed by atoms with Crippen molar-refractivity contribution in [1.29, 1.82) is 0 Å². The molecule has 0 N–H and O–H groups in total. The van der Waals surface area contributed by atoms with Crippen LogP contribution in [-0.4, -0.2) is 44.4 Å². The van der Waals surface area contributed by atoms with Gasteiger partial charge in [-0.25, -0.2) is 17.6 Å². The van der Waals surface area contributed by atoms with Gasteiger partial charge in [-0.3, -0.25) is 14.4 Å². The first-order chi connectivity index (χ1) is 23.7. The van der Waals surface area contributed by atoms with Gasteiger partial charge in [0.2, 0.25) is 21.8 Å². The summed E-state index contributed by atoms with van der Waals surface area (Å²) in [4.78, 5) is 47.3. The van der Waals surface area contributed by atoms with Crippen molar-refractivity contribution < 1.29 is 22.8 Å². The second-order valence-electron chi connectivity index (χ2n) is 12.9. The third kappa shape index (κ3) is 3.98.